The number of para-hydroxylation sites is 1. The van der Waals surface area contributed by atoms with Gasteiger partial charge in [0, 0.05) is 28.4 Å². The topological polar surface area (TPSA) is 108 Å². The second-order valence-corrected chi connectivity index (χ2v) is 8.80. The first-order valence-corrected chi connectivity index (χ1v) is 11.3. The molecule has 0 saturated heterocycles. The van der Waals surface area contributed by atoms with Crippen molar-refractivity contribution >= 4 is 23.4 Å². The maximum absolute atomic E-state index is 14.0. The Balaban J connectivity index is 1.69. The summed E-state index contributed by atoms with van der Waals surface area (Å²) in [5.74, 6) is 0.456. The monoisotopic (exact) mass is 443 g/mol. The van der Waals surface area contributed by atoms with Gasteiger partial charge in [0.1, 0.15) is 17.1 Å². The Kier molecular flexibility index (Phi) is 4.72. The molecule has 3 heterocycles. The molecule has 1 amide bonds. The fraction of sp³-hybridized carbons (Fsp3) is 0.208. The number of amides is 1. The van der Waals surface area contributed by atoms with Crippen LogP contribution in [-0.4, -0.2) is 22.6 Å². The van der Waals surface area contributed by atoms with Gasteiger partial charge in [-0.25, -0.2) is 0 Å². The number of aromatic amines is 1. The molecule has 0 unspecified atom stereocenters. The molecule has 160 valence electrons. The van der Waals surface area contributed by atoms with E-state index >= 15 is 0 Å². The van der Waals surface area contributed by atoms with Crippen LogP contribution in [-0.2, 0) is 16.0 Å². The van der Waals surface area contributed by atoms with Gasteiger partial charge in [-0.15, -0.1) is 16.9 Å². The number of likely N-dealkylation sites (N-methyl/N-ethyl adjacent to an activating group) is 1. The van der Waals surface area contributed by atoms with E-state index in [4.69, 9.17) is 10.5 Å². The van der Waals surface area contributed by atoms with Crippen LogP contribution in [0.4, 0.5) is 5.69 Å². The van der Waals surface area contributed by atoms with E-state index in [-0.39, 0.29) is 23.2 Å². The maximum Gasteiger partial charge on any atom is 0.247 e. The Bertz CT molecular complexity index is 1300. The summed E-state index contributed by atoms with van der Waals surface area (Å²) < 4.78 is 5.72. The van der Waals surface area contributed by atoms with Gasteiger partial charge in [-0.2, -0.15) is 5.26 Å². The molecule has 1 spiro atoms. The number of nitrogens with one attached hydrogen (secondary N) is 1. The quantitative estimate of drug-likeness (QED) is 0.595. The van der Waals surface area contributed by atoms with Crippen LogP contribution in [0, 0.1) is 18.3 Å². The minimum Gasteiger partial charge on any atom is -0.420 e. The first-order valence-electron chi connectivity index (χ1n) is 10.3. The molecule has 2 aliphatic rings. The van der Waals surface area contributed by atoms with E-state index < -0.39 is 5.41 Å². The van der Waals surface area contributed by atoms with E-state index in [2.05, 4.69) is 40.5 Å². The fourth-order valence-corrected chi connectivity index (χ4v) is 5.42. The molecule has 0 fully saturated rings. The average molecular weight is 444 g/mol. The number of H-pyrrole nitrogens is 1. The lowest BCUT2D eigenvalue weighted by Crippen LogP contribution is -2.46. The molecular weight excluding hydrogens is 422 g/mol. The number of aromatic nitrogens is 2. The first kappa shape index (κ1) is 20.2. The van der Waals surface area contributed by atoms with Gasteiger partial charge < -0.3 is 15.4 Å². The van der Waals surface area contributed by atoms with Crippen molar-refractivity contribution in [1.82, 2.24) is 10.2 Å². The number of rotatable bonds is 4. The molecule has 2 aromatic carbocycles. The van der Waals surface area contributed by atoms with Crippen molar-refractivity contribution in [2.24, 2.45) is 5.73 Å². The van der Waals surface area contributed by atoms with Crippen molar-refractivity contribution in [3.63, 3.8) is 0 Å². The third-order valence-electron chi connectivity index (χ3n) is 6.01. The number of hydrogen-bond donors (Lipinski definition) is 2. The van der Waals surface area contributed by atoms with E-state index in [0.29, 0.717) is 17.9 Å². The molecule has 2 aliphatic heterocycles. The van der Waals surface area contributed by atoms with Gasteiger partial charge in [-0.3, -0.25) is 9.89 Å². The summed E-state index contributed by atoms with van der Waals surface area (Å²) in [7, 11) is 0. The highest BCUT2D eigenvalue weighted by Gasteiger charge is 2.60. The molecule has 1 aromatic heterocycles. The van der Waals surface area contributed by atoms with Crippen molar-refractivity contribution in [2.45, 2.75) is 29.9 Å². The Morgan fingerprint density at radius 2 is 2.00 bits per heavy atom. The van der Waals surface area contributed by atoms with E-state index in [0.717, 1.165) is 21.8 Å². The van der Waals surface area contributed by atoms with Crippen LogP contribution in [0.1, 0.15) is 29.3 Å². The molecule has 8 heteroatoms. The molecule has 3 aromatic rings. The van der Waals surface area contributed by atoms with Crippen LogP contribution >= 0.6 is 11.8 Å². The number of ether oxygens (including phenoxy) is 1. The van der Waals surface area contributed by atoms with Crippen LogP contribution in [0.25, 0.3) is 0 Å². The van der Waals surface area contributed by atoms with Gasteiger partial charge in [0.15, 0.2) is 0 Å². The van der Waals surface area contributed by atoms with Crippen molar-refractivity contribution in [3.05, 3.63) is 82.4 Å². The Morgan fingerprint density at radius 3 is 2.72 bits per heavy atom. The molecule has 5 rings (SSSR count). The number of benzene rings is 2. The molecule has 0 aliphatic carbocycles. The second-order valence-electron chi connectivity index (χ2n) is 7.75. The van der Waals surface area contributed by atoms with E-state index in [9.17, 15) is 10.1 Å². The number of thioether (sulfide) groups is 1. The largest absolute Gasteiger partial charge is 0.420 e. The van der Waals surface area contributed by atoms with Gasteiger partial charge >= 0.3 is 0 Å². The lowest BCUT2D eigenvalue weighted by Gasteiger charge is -2.32. The second kappa shape index (κ2) is 7.46. The number of nitrogens with two attached hydrogens (primary N) is 1. The predicted octanol–water partition coefficient (Wildman–Crippen LogP) is 3.75. The SMILES string of the molecule is CCN1C(=O)[C@@]2(C(C#N)=C(N)Oc3n[nH]c(CSc4ccc(C)cc4)c32)c2ccccc21. The number of carbonyl (C=O) groups excluding carboxylic acids is 1. The molecule has 3 N–H and O–H groups in total. The highest BCUT2D eigenvalue weighted by Crippen LogP contribution is 2.55. The van der Waals surface area contributed by atoms with Crippen LogP contribution < -0.4 is 15.4 Å². The molecular formula is C24H21N5O2S. The minimum absolute atomic E-state index is 0.0923. The van der Waals surface area contributed by atoms with Crippen LogP contribution in [0.3, 0.4) is 0 Å². The number of carbonyl (C=O) groups is 1. The Labute approximate surface area is 189 Å². The number of hydrogen-bond acceptors (Lipinski definition) is 6. The summed E-state index contributed by atoms with van der Waals surface area (Å²) in [6, 6.07) is 17.9. The highest BCUT2D eigenvalue weighted by molar-refractivity contribution is 7.98. The number of nitrogens with zero attached hydrogens (tertiary/aromatic N) is 3. The van der Waals surface area contributed by atoms with Gasteiger partial charge in [-0.1, -0.05) is 35.9 Å². The zero-order chi connectivity index (χ0) is 22.5. The summed E-state index contributed by atoms with van der Waals surface area (Å²) in [6.45, 7) is 4.43. The zero-order valence-corrected chi connectivity index (χ0v) is 18.5. The normalized spacial score (nSPS) is 19.0. The zero-order valence-electron chi connectivity index (χ0n) is 17.7. The third-order valence-corrected chi connectivity index (χ3v) is 7.05. The van der Waals surface area contributed by atoms with Gasteiger partial charge in [0.05, 0.1) is 11.3 Å². The van der Waals surface area contributed by atoms with Gasteiger partial charge in [0.25, 0.3) is 0 Å². The lowest BCUT2D eigenvalue weighted by atomic mass is 9.69. The molecule has 7 nitrogen and oxygen atoms in total. The smallest absolute Gasteiger partial charge is 0.247 e. The summed E-state index contributed by atoms with van der Waals surface area (Å²) in [4.78, 5) is 16.8. The van der Waals surface area contributed by atoms with Gasteiger partial charge in [-0.05, 0) is 32.0 Å². The van der Waals surface area contributed by atoms with E-state index in [1.54, 1.807) is 16.7 Å². The summed E-state index contributed by atoms with van der Waals surface area (Å²) in [5, 5.41) is 17.5. The van der Waals surface area contributed by atoms with Crippen LogP contribution in [0.5, 0.6) is 5.88 Å². The molecule has 1 atom stereocenters. The molecule has 0 radical (unpaired) electrons. The standard InChI is InChI=1S/C24H21N5O2S/c1-3-29-19-7-5-4-6-16(19)24(23(29)30)17(12-25)21(26)31-22-20(24)18(27-28-22)13-32-15-10-8-14(2)9-11-15/h4-11H,3,13,26H2,1-2H3,(H,27,28)/t24-/m1/s1. The molecule has 0 bridgehead atoms. The summed E-state index contributed by atoms with van der Waals surface area (Å²) >= 11 is 1.62. The number of anilines is 1. The van der Waals surface area contributed by atoms with Crippen molar-refractivity contribution in [2.75, 3.05) is 11.4 Å². The highest BCUT2D eigenvalue weighted by atomic mass is 32.2. The number of aryl methyl sites for hydroxylation is 1. The van der Waals surface area contributed by atoms with Crippen molar-refractivity contribution < 1.29 is 9.53 Å². The number of fused-ring (bicyclic) bond motifs is 4. The third kappa shape index (κ3) is 2.68. The summed E-state index contributed by atoms with van der Waals surface area (Å²) in [6.07, 6.45) is 0. The lowest BCUT2D eigenvalue weighted by molar-refractivity contribution is -0.120. The van der Waals surface area contributed by atoms with Crippen molar-refractivity contribution in [1.29, 1.82) is 5.26 Å². The Hall–Kier alpha value is -3.70. The van der Waals surface area contributed by atoms with Crippen molar-refractivity contribution in [3.8, 4) is 11.9 Å². The van der Waals surface area contributed by atoms with E-state index in [1.165, 1.54) is 5.56 Å². The van der Waals surface area contributed by atoms with Crippen LogP contribution in [0.2, 0.25) is 0 Å². The summed E-state index contributed by atoms with van der Waals surface area (Å²) in [5.41, 5.74) is 8.85. The number of nitriles is 1. The first-order chi connectivity index (χ1) is 15.5. The van der Waals surface area contributed by atoms with Gasteiger partial charge in [0.2, 0.25) is 17.7 Å². The predicted molar refractivity (Wildman–Crippen MR) is 122 cm³/mol. The molecule has 0 saturated carbocycles. The fourth-order valence-electron chi connectivity index (χ4n) is 4.57. The maximum atomic E-state index is 14.0. The Morgan fingerprint density at radius 1 is 1.25 bits per heavy atom. The minimum atomic E-state index is -1.38. The molecule has 32 heavy (non-hydrogen) atoms. The van der Waals surface area contributed by atoms with Crippen LogP contribution in [0.15, 0.2) is 64.9 Å². The van der Waals surface area contributed by atoms with E-state index in [1.807, 2.05) is 38.1 Å². The average Bonchev–Trinajstić information content (AvgIpc) is 3.31.